The summed E-state index contributed by atoms with van der Waals surface area (Å²) in [6, 6.07) is 7.30. The van der Waals surface area contributed by atoms with E-state index >= 15 is 0 Å². The van der Waals surface area contributed by atoms with Crippen molar-refractivity contribution in [2.75, 3.05) is 26.8 Å². The normalized spacial score (nSPS) is 10.3. The van der Waals surface area contributed by atoms with E-state index in [1.54, 1.807) is 12.1 Å². The summed E-state index contributed by atoms with van der Waals surface area (Å²) in [6.45, 7) is 2.10. The third-order valence-corrected chi connectivity index (χ3v) is 3.49. The minimum Gasteiger partial charge on any atom is -0.480 e. The third kappa shape index (κ3) is 6.61. The summed E-state index contributed by atoms with van der Waals surface area (Å²) in [6.07, 6.45) is 0.954. The van der Waals surface area contributed by atoms with Crippen LogP contribution in [-0.2, 0) is 20.7 Å². The van der Waals surface area contributed by atoms with Crippen molar-refractivity contribution in [1.29, 1.82) is 0 Å². The number of ether oxygens (including phenoxy) is 1. The molecule has 1 rings (SSSR count). The predicted molar refractivity (Wildman–Crippen MR) is 85.5 cm³/mol. The summed E-state index contributed by atoms with van der Waals surface area (Å²) in [5, 5.41) is 8.84. The molecule has 0 spiro atoms. The van der Waals surface area contributed by atoms with E-state index in [1.807, 2.05) is 19.1 Å². The Morgan fingerprint density at radius 2 is 1.78 bits per heavy atom. The summed E-state index contributed by atoms with van der Waals surface area (Å²) in [5.41, 5.74) is 1.71. The van der Waals surface area contributed by atoms with E-state index in [1.165, 1.54) is 12.0 Å². The summed E-state index contributed by atoms with van der Waals surface area (Å²) in [5.74, 6) is -1.57. The standard InChI is InChI=1S/C17H23NO5/c1-3-13-4-6-14(7-5-13)15(19)8-9-16(20)18(10-11-23-2)12-17(21)22/h4-7H,3,8-12H2,1-2H3,(H,21,22). The molecule has 0 aliphatic heterocycles. The number of carboxylic acids is 1. The molecule has 1 aromatic rings. The zero-order valence-electron chi connectivity index (χ0n) is 13.6. The molecule has 0 saturated heterocycles. The van der Waals surface area contributed by atoms with Crippen molar-refractivity contribution in [2.45, 2.75) is 26.2 Å². The molecule has 0 heterocycles. The highest BCUT2D eigenvalue weighted by atomic mass is 16.5. The molecular formula is C17H23NO5. The number of carbonyl (C=O) groups excluding carboxylic acids is 2. The molecule has 0 saturated carbocycles. The molecule has 126 valence electrons. The fourth-order valence-corrected chi connectivity index (χ4v) is 2.11. The average molecular weight is 321 g/mol. The first-order chi connectivity index (χ1) is 11.0. The predicted octanol–water partition coefficient (Wildman–Crippen LogP) is 1.77. The average Bonchev–Trinajstić information content (AvgIpc) is 2.55. The number of carboxylic acid groups (broad SMARTS) is 1. The maximum atomic E-state index is 12.1. The second kappa shape index (κ2) is 9.74. The van der Waals surface area contributed by atoms with Gasteiger partial charge in [-0.1, -0.05) is 31.2 Å². The topological polar surface area (TPSA) is 83.9 Å². The first kappa shape index (κ1) is 18.8. The highest BCUT2D eigenvalue weighted by molar-refractivity contribution is 5.98. The Labute approximate surface area is 136 Å². The van der Waals surface area contributed by atoms with Gasteiger partial charge >= 0.3 is 5.97 Å². The van der Waals surface area contributed by atoms with Gasteiger partial charge in [0.2, 0.25) is 5.91 Å². The number of methoxy groups -OCH3 is 1. The molecular weight excluding hydrogens is 298 g/mol. The lowest BCUT2D eigenvalue weighted by molar-refractivity contribution is -0.144. The number of benzene rings is 1. The summed E-state index contributed by atoms with van der Waals surface area (Å²) < 4.78 is 4.87. The van der Waals surface area contributed by atoms with Gasteiger partial charge in [-0.05, 0) is 12.0 Å². The van der Waals surface area contributed by atoms with Crippen LogP contribution >= 0.6 is 0 Å². The maximum Gasteiger partial charge on any atom is 0.323 e. The molecule has 0 bridgehead atoms. The van der Waals surface area contributed by atoms with Crippen LogP contribution in [0.25, 0.3) is 0 Å². The quantitative estimate of drug-likeness (QED) is 0.664. The van der Waals surface area contributed by atoms with Crippen molar-refractivity contribution in [3.63, 3.8) is 0 Å². The van der Waals surface area contributed by atoms with Crippen LogP contribution in [0.5, 0.6) is 0 Å². The van der Waals surface area contributed by atoms with Gasteiger partial charge in [-0.25, -0.2) is 0 Å². The van der Waals surface area contributed by atoms with Gasteiger partial charge in [-0.3, -0.25) is 14.4 Å². The lowest BCUT2D eigenvalue weighted by atomic mass is 10.0. The number of hydrogen-bond donors (Lipinski definition) is 1. The second-order valence-corrected chi connectivity index (χ2v) is 5.18. The van der Waals surface area contributed by atoms with Crippen molar-refractivity contribution in [3.05, 3.63) is 35.4 Å². The number of aliphatic carboxylic acids is 1. The molecule has 0 aliphatic rings. The summed E-state index contributed by atoms with van der Waals surface area (Å²) in [7, 11) is 1.48. The first-order valence-corrected chi connectivity index (χ1v) is 7.58. The SMILES string of the molecule is CCc1ccc(C(=O)CCC(=O)N(CCOC)CC(=O)O)cc1. The Hall–Kier alpha value is -2.21. The highest BCUT2D eigenvalue weighted by Gasteiger charge is 2.18. The van der Waals surface area contributed by atoms with Gasteiger partial charge in [0.15, 0.2) is 5.78 Å². The summed E-state index contributed by atoms with van der Waals surface area (Å²) >= 11 is 0. The van der Waals surface area contributed by atoms with Crippen molar-refractivity contribution < 1.29 is 24.2 Å². The zero-order valence-corrected chi connectivity index (χ0v) is 13.6. The van der Waals surface area contributed by atoms with E-state index < -0.39 is 5.97 Å². The van der Waals surface area contributed by atoms with E-state index in [2.05, 4.69) is 0 Å². The van der Waals surface area contributed by atoms with Crippen LogP contribution in [0, 0.1) is 0 Å². The monoisotopic (exact) mass is 321 g/mol. The van der Waals surface area contributed by atoms with E-state index in [0.29, 0.717) is 5.56 Å². The number of rotatable bonds is 10. The first-order valence-electron chi connectivity index (χ1n) is 7.58. The number of Topliss-reactive ketones (excluding diaryl/α,β-unsaturated/α-hetero) is 1. The van der Waals surface area contributed by atoms with E-state index in [-0.39, 0.29) is 44.2 Å². The molecule has 0 fully saturated rings. The lowest BCUT2D eigenvalue weighted by Crippen LogP contribution is -2.38. The minimum absolute atomic E-state index is 0.00857. The van der Waals surface area contributed by atoms with Crippen LogP contribution in [0.3, 0.4) is 0 Å². The van der Waals surface area contributed by atoms with Gasteiger partial charge in [-0.15, -0.1) is 0 Å². The van der Waals surface area contributed by atoms with Crippen molar-refractivity contribution in [1.82, 2.24) is 4.90 Å². The molecule has 1 aromatic carbocycles. The highest BCUT2D eigenvalue weighted by Crippen LogP contribution is 2.10. The molecule has 0 aromatic heterocycles. The molecule has 0 unspecified atom stereocenters. The van der Waals surface area contributed by atoms with E-state index in [4.69, 9.17) is 9.84 Å². The van der Waals surface area contributed by atoms with Gasteiger partial charge in [0, 0.05) is 32.1 Å². The molecule has 0 aliphatic carbocycles. The Morgan fingerprint density at radius 1 is 1.13 bits per heavy atom. The van der Waals surface area contributed by atoms with Gasteiger partial charge < -0.3 is 14.7 Å². The van der Waals surface area contributed by atoms with Crippen LogP contribution in [-0.4, -0.2) is 54.5 Å². The molecule has 23 heavy (non-hydrogen) atoms. The number of aryl methyl sites for hydroxylation is 1. The van der Waals surface area contributed by atoms with Crippen LogP contribution in [0.4, 0.5) is 0 Å². The van der Waals surface area contributed by atoms with Crippen molar-refractivity contribution in [2.24, 2.45) is 0 Å². The Bertz CT molecular complexity index is 538. The molecule has 0 atom stereocenters. The zero-order chi connectivity index (χ0) is 17.2. The number of hydrogen-bond acceptors (Lipinski definition) is 4. The Morgan fingerprint density at radius 3 is 2.30 bits per heavy atom. The van der Waals surface area contributed by atoms with E-state index in [0.717, 1.165) is 12.0 Å². The van der Waals surface area contributed by atoms with Gasteiger partial charge in [0.1, 0.15) is 6.54 Å². The fraction of sp³-hybridized carbons (Fsp3) is 0.471. The molecule has 0 radical (unpaired) electrons. The molecule has 6 nitrogen and oxygen atoms in total. The lowest BCUT2D eigenvalue weighted by Gasteiger charge is -2.20. The fourth-order valence-electron chi connectivity index (χ4n) is 2.11. The van der Waals surface area contributed by atoms with Gasteiger partial charge in [-0.2, -0.15) is 0 Å². The van der Waals surface area contributed by atoms with Crippen LogP contribution in [0.2, 0.25) is 0 Å². The summed E-state index contributed by atoms with van der Waals surface area (Å²) in [4.78, 5) is 36.2. The van der Waals surface area contributed by atoms with Crippen LogP contribution in [0.15, 0.2) is 24.3 Å². The Kier molecular flexibility index (Phi) is 7.97. The van der Waals surface area contributed by atoms with Gasteiger partial charge in [0.05, 0.1) is 6.61 Å². The van der Waals surface area contributed by atoms with Crippen molar-refractivity contribution in [3.8, 4) is 0 Å². The molecule has 1 amide bonds. The second-order valence-electron chi connectivity index (χ2n) is 5.18. The third-order valence-electron chi connectivity index (χ3n) is 3.49. The largest absolute Gasteiger partial charge is 0.480 e. The maximum absolute atomic E-state index is 12.1. The number of amides is 1. The van der Waals surface area contributed by atoms with E-state index in [9.17, 15) is 14.4 Å². The van der Waals surface area contributed by atoms with Crippen LogP contribution < -0.4 is 0 Å². The number of ketones is 1. The smallest absolute Gasteiger partial charge is 0.323 e. The Balaban J connectivity index is 2.56. The van der Waals surface area contributed by atoms with Crippen molar-refractivity contribution >= 4 is 17.7 Å². The minimum atomic E-state index is -1.09. The number of nitrogens with zero attached hydrogens (tertiary/aromatic N) is 1. The van der Waals surface area contributed by atoms with Gasteiger partial charge in [0.25, 0.3) is 0 Å². The molecule has 6 heteroatoms. The number of carbonyl (C=O) groups is 3. The molecule has 1 N–H and O–H groups in total. The van der Waals surface area contributed by atoms with Crippen LogP contribution in [0.1, 0.15) is 35.7 Å².